The van der Waals surface area contributed by atoms with E-state index in [1.807, 2.05) is 32.9 Å². The molecule has 0 fully saturated rings. The molecule has 230 valence electrons. The average molecular weight is 592 g/mol. The average Bonchev–Trinajstić information content (AvgIpc) is 2.88. The standard InChI is InChI=1S/C36H53NO4Si/c1-34(2,3)26-19-13-18-24-32(37-39-10)29(28-33(38)41-35(4,5)6)25-27-40-42(36(7,8)9,30-20-14-11-15-21-30)31-22-16-12-17-23-31/h11-12,14-17,20-23,29H,13,19,25-28H2,1-10H3. The molecule has 0 aliphatic rings. The number of ether oxygens (including phenoxy) is 1. The van der Waals surface area contributed by atoms with Crippen molar-refractivity contribution in [2.75, 3.05) is 13.7 Å². The van der Waals surface area contributed by atoms with E-state index in [1.54, 1.807) is 0 Å². The van der Waals surface area contributed by atoms with Gasteiger partial charge in [0, 0.05) is 18.9 Å². The Labute approximate surface area is 256 Å². The number of oxime groups is 1. The Morgan fingerprint density at radius 2 is 1.43 bits per heavy atom. The number of carbonyl (C=O) groups is 1. The molecule has 5 nitrogen and oxygen atoms in total. The highest BCUT2D eigenvalue weighted by Gasteiger charge is 2.50. The molecule has 2 aromatic rings. The van der Waals surface area contributed by atoms with Crippen LogP contribution >= 0.6 is 0 Å². The second kappa shape index (κ2) is 15.5. The van der Waals surface area contributed by atoms with Crippen LogP contribution in [0.4, 0.5) is 0 Å². The zero-order valence-corrected chi connectivity index (χ0v) is 28.7. The first kappa shape index (κ1) is 35.3. The first-order chi connectivity index (χ1) is 19.6. The summed E-state index contributed by atoms with van der Waals surface area (Å²) in [6.07, 6.45) is 3.57. The Kier molecular flexibility index (Phi) is 13.1. The summed E-state index contributed by atoms with van der Waals surface area (Å²) in [5.41, 5.74) is 0.248. The minimum atomic E-state index is -2.72. The van der Waals surface area contributed by atoms with Crippen molar-refractivity contribution in [1.82, 2.24) is 0 Å². The normalized spacial score (nSPS) is 13.6. The summed E-state index contributed by atoms with van der Waals surface area (Å²) in [6.45, 7) is 19.6. The van der Waals surface area contributed by atoms with Gasteiger partial charge in [0.1, 0.15) is 18.4 Å². The summed E-state index contributed by atoms with van der Waals surface area (Å²) in [6, 6.07) is 21.2. The fraction of sp³-hybridized carbons (Fsp3) is 0.556. The van der Waals surface area contributed by atoms with Gasteiger partial charge in [-0.2, -0.15) is 0 Å². The van der Waals surface area contributed by atoms with Crippen LogP contribution in [0.15, 0.2) is 65.8 Å². The molecule has 0 N–H and O–H groups in total. The zero-order valence-electron chi connectivity index (χ0n) is 27.7. The van der Waals surface area contributed by atoms with Crippen molar-refractivity contribution in [3.8, 4) is 11.8 Å². The van der Waals surface area contributed by atoms with E-state index in [4.69, 9.17) is 14.0 Å². The summed E-state index contributed by atoms with van der Waals surface area (Å²) in [7, 11) is -1.21. The molecule has 0 heterocycles. The molecule has 0 spiro atoms. The van der Waals surface area contributed by atoms with E-state index >= 15 is 0 Å². The zero-order chi connectivity index (χ0) is 31.4. The van der Waals surface area contributed by atoms with Crippen molar-refractivity contribution in [2.45, 2.75) is 105 Å². The molecule has 6 heteroatoms. The highest BCUT2D eigenvalue weighted by molar-refractivity contribution is 6.99. The fourth-order valence-corrected chi connectivity index (χ4v) is 9.77. The molecular weight excluding hydrogens is 538 g/mol. The number of benzene rings is 2. The van der Waals surface area contributed by atoms with Gasteiger partial charge in [-0.05, 0) is 66.8 Å². The summed E-state index contributed by atoms with van der Waals surface area (Å²) in [5.74, 6) is 5.94. The summed E-state index contributed by atoms with van der Waals surface area (Å²) < 4.78 is 12.8. The van der Waals surface area contributed by atoms with Gasteiger partial charge in [0.2, 0.25) is 0 Å². The molecule has 0 saturated carbocycles. The lowest BCUT2D eigenvalue weighted by atomic mass is 9.90. The van der Waals surface area contributed by atoms with E-state index in [0.717, 1.165) is 19.3 Å². The fourth-order valence-electron chi connectivity index (χ4n) is 5.19. The third kappa shape index (κ3) is 11.1. The first-order valence-corrected chi connectivity index (χ1v) is 17.1. The van der Waals surface area contributed by atoms with Gasteiger partial charge in [0.15, 0.2) is 0 Å². The lowest BCUT2D eigenvalue weighted by Crippen LogP contribution is -2.66. The number of rotatable bonds is 12. The molecule has 1 atom stereocenters. The Hall–Kier alpha value is -2.88. The van der Waals surface area contributed by atoms with Crippen LogP contribution in [0.25, 0.3) is 0 Å². The molecule has 0 radical (unpaired) electrons. The van der Waals surface area contributed by atoms with Crippen molar-refractivity contribution >= 4 is 30.4 Å². The predicted octanol–water partition coefficient (Wildman–Crippen LogP) is 7.52. The monoisotopic (exact) mass is 591 g/mol. The maximum Gasteiger partial charge on any atom is 0.307 e. The van der Waals surface area contributed by atoms with E-state index < -0.39 is 13.9 Å². The molecule has 0 aliphatic carbocycles. The molecule has 0 amide bonds. The maximum atomic E-state index is 13.0. The number of hydrogen-bond acceptors (Lipinski definition) is 5. The number of unbranched alkanes of at least 4 members (excludes halogenated alkanes) is 1. The van der Waals surface area contributed by atoms with Crippen LogP contribution in [0, 0.1) is 23.2 Å². The highest BCUT2D eigenvalue weighted by Crippen LogP contribution is 2.37. The van der Waals surface area contributed by atoms with E-state index in [0.29, 0.717) is 18.7 Å². The molecule has 1 unspecified atom stereocenters. The second-order valence-electron chi connectivity index (χ2n) is 14.2. The van der Waals surface area contributed by atoms with Crippen LogP contribution < -0.4 is 10.4 Å². The van der Waals surface area contributed by atoms with Crippen LogP contribution in [0.2, 0.25) is 5.04 Å². The van der Waals surface area contributed by atoms with Crippen molar-refractivity contribution in [3.05, 3.63) is 60.7 Å². The number of carbonyl (C=O) groups excluding carboxylic acids is 1. The summed E-state index contributed by atoms with van der Waals surface area (Å²) in [4.78, 5) is 18.2. The third-order valence-electron chi connectivity index (χ3n) is 7.06. The van der Waals surface area contributed by atoms with Crippen LogP contribution in [0.5, 0.6) is 0 Å². The third-order valence-corrected chi connectivity index (χ3v) is 12.1. The Bertz CT molecular complexity index is 1150. The number of nitrogens with zero attached hydrogens (tertiary/aromatic N) is 1. The predicted molar refractivity (Wildman–Crippen MR) is 178 cm³/mol. The largest absolute Gasteiger partial charge is 0.460 e. The van der Waals surface area contributed by atoms with Crippen molar-refractivity contribution in [3.63, 3.8) is 0 Å². The molecule has 0 aliphatic heterocycles. The van der Waals surface area contributed by atoms with E-state index in [1.165, 1.54) is 17.5 Å². The topological polar surface area (TPSA) is 57.1 Å². The van der Waals surface area contributed by atoms with Crippen molar-refractivity contribution in [2.24, 2.45) is 16.5 Å². The van der Waals surface area contributed by atoms with E-state index in [-0.39, 0.29) is 28.8 Å². The molecule has 0 saturated heterocycles. The van der Waals surface area contributed by atoms with Crippen LogP contribution in [0.3, 0.4) is 0 Å². The maximum absolute atomic E-state index is 13.0. The van der Waals surface area contributed by atoms with Crippen molar-refractivity contribution < 1.29 is 18.8 Å². The summed E-state index contributed by atoms with van der Waals surface area (Å²) in [5, 5.41) is 6.58. The highest BCUT2D eigenvalue weighted by atomic mass is 28.4. The number of esters is 1. The Balaban J connectivity index is 2.41. The number of hydrogen-bond donors (Lipinski definition) is 0. The SMILES string of the molecule is CON=C(C#CCCCC(C)(C)C)C(CCO[Si](c1ccccc1)(c1ccccc1)C(C)(C)C)CC(=O)OC(C)(C)C. The molecule has 2 aromatic carbocycles. The first-order valence-electron chi connectivity index (χ1n) is 15.2. The van der Waals surface area contributed by atoms with Gasteiger partial charge >= 0.3 is 5.97 Å². The van der Waals surface area contributed by atoms with Crippen LogP contribution in [0.1, 0.15) is 94.4 Å². The van der Waals surface area contributed by atoms with Gasteiger partial charge in [0.05, 0.1) is 6.42 Å². The van der Waals surface area contributed by atoms with Gasteiger partial charge in [-0.1, -0.05) is 113 Å². The minimum absolute atomic E-state index is 0.146. The van der Waals surface area contributed by atoms with Crippen LogP contribution in [-0.4, -0.2) is 39.3 Å². The molecule has 42 heavy (non-hydrogen) atoms. The quantitative estimate of drug-likeness (QED) is 0.0640. The van der Waals surface area contributed by atoms with Crippen molar-refractivity contribution in [1.29, 1.82) is 0 Å². The lowest BCUT2D eigenvalue weighted by Gasteiger charge is -2.43. The van der Waals surface area contributed by atoms with Gasteiger partial charge in [0.25, 0.3) is 8.32 Å². The lowest BCUT2D eigenvalue weighted by molar-refractivity contribution is -0.155. The van der Waals surface area contributed by atoms with Gasteiger partial charge in [-0.15, -0.1) is 0 Å². The van der Waals surface area contributed by atoms with Gasteiger partial charge in [-0.3, -0.25) is 4.79 Å². The van der Waals surface area contributed by atoms with Gasteiger partial charge in [-0.25, -0.2) is 0 Å². The minimum Gasteiger partial charge on any atom is -0.460 e. The smallest absolute Gasteiger partial charge is 0.307 e. The summed E-state index contributed by atoms with van der Waals surface area (Å²) >= 11 is 0. The molecule has 2 rings (SSSR count). The van der Waals surface area contributed by atoms with E-state index in [9.17, 15) is 4.79 Å². The van der Waals surface area contributed by atoms with E-state index in [2.05, 4.69) is 107 Å². The molecule has 0 aromatic heterocycles. The second-order valence-corrected chi connectivity index (χ2v) is 18.5. The molecule has 0 bridgehead atoms. The van der Waals surface area contributed by atoms with Gasteiger partial charge < -0.3 is 14.0 Å². The molecular formula is C36H53NO4Si. The van der Waals surface area contributed by atoms with Crippen LogP contribution in [-0.2, 0) is 18.8 Å². The Morgan fingerprint density at radius 1 is 0.881 bits per heavy atom. The Morgan fingerprint density at radius 3 is 1.88 bits per heavy atom.